The molecular formula is C13H21N3O3S. The molecule has 7 heteroatoms. The zero-order valence-electron chi connectivity index (χ0n) is 12.3. The minimum absolute atomic E-state index is 0.0220. The lowest BCUT2D eigenvalue weighted by Crippen LogP contribution is -2.33. The largest absolute Gasteiger partial charge is 0.481 e. The number of hydrogen-bond acceptors (Lipinski definition) is 5. The summed E-state index contributed by atoms with van der Waals surface area (Å²) in [6, 6.07) is 0. The monoisotopic (exact) mass is 299 g/mol. The van der Waals surface area contributed by atoms with Crippen LogP contribution in [0.3, 0.4) is 0 Å². The van der Waals surface area contributed by atoms with Crippen LogP contribution in [0.1, 0.15) is 46.4 Å². The van der Waals surface area contributed by atoms with Crippen LogP contribution < -0.4 is 0 Å². The van der Waals surface area contributed by atoms with E-state index in [1.165, 1.54) is 11.8 Å². The first-order valence-corrected chi connectivity index (χ1v) is 7.67. The van der Waals surface area contributed by atoms with E-state index in [0.29, 0.717) is 5.16 Å². The second kappa shape index (κ2) is 5.37. The number of aromatic nitrogens is 3. The van der Waals surface area contributed by atoms with Crippen molar-refractivity contribution in [3.8, 4) is 0 Å². The standard InChI is InChI=1S/C13H21N3O3S/c1-12(2,3)16-10(13(4)6-5-7-19-13)14-15-11(16)20-8-9(17)18/h5-8H2,1-4H3,(H,17,18). The van der Waals surface area contributed by atoms with Gasteiger partial charge in [-0.3, -0.25) is 9.36 Å². The van der Waals surface area contributed by atoms with E-state index in [2.05, 4.69) is 31.0 Å². The van der Waals surface area contributed by atoms with Crippen molar-refractivity contribution in [2.45, 2.75) is 56.8 Å². The Balaban J connectivity index is 2.40. The average Bonchev–Trinajstić information content (AvgIpc) is 2.92. The van der Waals surface area contributed by atoms with Crippen LogP contribution in [-0.4, -0.2) is 38.2 Å². The van der Waals surface area contributed by atoms with Crippen molar-refractivity contribution < 1.29 is 14.6 Å². The molecular weight excluding hydrogens is 278 g/mol. The minimum atomic E-state index is -0.858. The normalized spacial score (nSPS) is 23.2. The predicted octanol–water partition coefficient (Wildman–Crippen LogP) is 2.24. The van der Waals surface area contributed by atoms with Crippen molar-refractivity contribution >= 4 is 17.7 Å². The second-order valence-electron chi connectivity index (χ2n) is 6.18. The Hall–Kier alpha value is -1.08. The fraction of sp³-hybridized carbons (Fsp3) is 0.769. The van der Waals surface area contributed by atoms with Crippen LogP contribution in [0, 0.1) is 0 Å². The molecule has 0 bridgehead atoms. The van der Waals surface area contributed by atoms with Crippen LogP contribution >= 0.6 is 11.8 Å². The molecule has 1 saturated heterocycles. The summed E-state index contributed by atoms with van der Waals surface area (Å²) >= 11 is 1.19. The molecule has 0 saturated carbocycles. The van der Waals surface area contributed by atoms with Gasteiger partial charge in [-0.15, -0.1) is 10.2 Å². The van der Waals surface area contributed by atoms with Gasteiger partial charge < -0.3 is 9.84 Å². The molecule has 6 nitrogen and oxygen atoms in total. The van der Waals surface area contributed by atoms with E-state index in [9.17, 15) is 4.79 Å². The summed E-state index contributed by atoms with van der Waals surface area (Å²) in [7, 11) is 0. The van der Waals surface area contributed by atoms with Gasteiger partial charge >= 0.3 is 5.97 Å². The molecule has 1 aromatic heterocycles. The zero-order valence-corrected chi connectivity index (χ0v) is 13.2. The topological polar surface area (TPSA) is 77.2 Å². The summed E-state index contributed by atoms with van der Waals surface area (Å²) < 4.78 is 7.86. The summed E-state index contributed by atoms with van der Waals surface area (Å²) in [6.07, 6.45) is 1.91. The number of thioether (sulfide) groups is 1. The van der Waals surface area contributed by atoms with Crippen molar-refractivity contribution in [2.24, 2.45) is 0 Å². The molecule has 2 heterocycles. The van der Waals surface area contributed by atoms with Crippen LogP contribution in [0.5, 0.6) is 0 Å². The molecule has 0 spiro atoms. The lowest BCUT2D eigenvalue weighted by Gasteiger charge is -2.30. The Morgan fingerprint density at radius 3 is 2.70 bits per heavy atom. The summed E-state index contributed by atoms with van der Waals surface area (Å²) in [5.41, 5.74) is -0.656. The quantitative estimate of drug-likeness (QED) is 0.859. The fourth-order valence-corrected chi connectivity index (χ4v) is 3.23. The molecule has 1 aromatic rings. The van der Waals surface area contributed by atoms with Crippen molar-refractivity contribution in [3.63, 3.8) is 0 Å². The highest BCUT2D eigenvalue weighted by molar-refractivity contribution is 7.99. The van der Waals surface area contributed by atoms with Crippen LogP contribution in [0.2, 0.25) is 0 Å². The molecule has 20 heavy (non-hydrogen) atoms. The number of ether oxygens (including phenoxy) is 1. The van der Waals surface area contributed by atoms with E-state index < -0.39 is 11.6 Å². The Labute approximate surface area is 122 Å². The molecule has 1 unspecified atom stereocenters. The van der Waals surface area contributed by atoms with Gasteiger partial charge in [0.25, 0.3) is 0 Å². The fourth-order valence-electron chi connectivity index (χ4n) is 2.39. The van der Waals surface area contributed by atoms with Gasteiger partial charge in [0, 0.05) is 12.1 Å². The van der Waals surface area contributed by atoms with Crippen LogP contribution in [0.4, 0.5) is 0 Å². The number of carbonyl (C=O) groups is 1. The van der Waals surface area contributed by atoms with E-state index in [-0.39, 0.29) is 11.3 Å². The number of nitrogens with zero attached hydrogens (tertiary/aromatic N) is 3. The van der Waals surface area contributed by atoms with Gasteiger partial charge in [-0.1, -0.05) is 11.8 Å². The molecule has 0 aliphatic carbocycles. The highest BCUT2D eigenvalue weighted by Gasteiger charge is 2.40. The molecule has 0 radical (unpaired) electrons. The molecule has 1 aliphatic heterocycles. The predicted molar refractivity (Wildman–Crippen MR) is 75.9 cm³/mol. The first kappa shape index (κ1) is 15.3. The maximum atomic E-state index is 10.8. The van der Waals surface area contributed by atoms with Gasteiger partial charge in [-0.05, 0) is 40.5 Å². The lowest BCUT2D eigenvalue weighted by molar-refractivity contribution is -0.133. The van der Waals surface area contributed by atoms with Crippen molar-refractivity contribution in [3.05, 3.63) is 5.82 Å². The van der Waals surface area contributed by atoms with Crippen molar-refractivity contribution in [1.82, 2.24) is 14.8 Å². The molecule has 0 amide bonds. The van der Waals surface area contributed by atoms with Gasteiger partial charge in [-0.2, -0.15) is 0 Å². The first-order valence-electron chi connectivity index (χ1n) is 6.69. The Morgan fingerprint density at radius 1 is 1.50 bits per heavy atom. The van der Waals surface area contributed by atoms with Gasteiger partial charge in [0.05, 0.1) is 5.75 Å². The van der Waals surface area contributed by atoms with Gasteiger partial charge in [-0.25, -0.2) is 0 Å². The molecule has 1 N–H and O–H groups in total. The van der Waals surface area contributed by atoms with Gasteiger partial charge in [0.2, 0.25) is 0 Å². The maximum absolute atomic E-state index is 10.8. The van der Waals surface area contributed by atoms with Crippen LogP contribution in [0.25, 0.3) is 0 Å². The summed E-state index contributed by atoms with van der Waals surface area (Å²) in [5.74, 6) is -0.0927. The summed E-state index contributed by atoms with van der Waals surface area (Å²) in [6.45, 7) is 8.93. The van der Waals surface area contributed by atoms with Crippen LogP contribution in [-0.2, 0) is 20.7 Å². The molecule has 0 aromatic carbocycles. The van der Waals surface area contributed by atoms with Crippen molar-refractivity contribution in [1.29, 1.82) is 0 Å². The Kier molecular flexibility index (Phi) is 4.11. The number of carboxylic acids is 1. The maximum Gasteiger partial charge on any atom is 0.313 e. The number of hydrogen-bond donors (Lipinski definition) is 1. The third-order valence-corrected chi connectivity index (χ3v) is 4.23. The number of carboxylic acid groups (broad SMARTS) is 1. The summed E-state index contributed by atoms with van der Waals surface area (Å²) in [4.78, 5) is 10.8. The highest BCUT2D eigenvalue weighted by atomic mass is 32.2. The SMILES string of the molecule is CC1(c2nnc(SCC(=O)O)n2C(C)(C)C)CCCO1. The smallest absolute Gasteiger partial charge is 0.313 e. The zero-order chi connectivity index (χ0) is 15.0. The molecule has 1 fully saturated rings. The highest BCUT2D eigenvalue weighted by Crippen LogP contribution is 2.38. The average molecular weight is 299 g/mol. The van der Waals surface area contributed by atoms with E-state index in [1.54, 1.807) is 0 Å². The third kappa shape index (κ3) is 2.98. The number of rotatable bonds is 4. The van der Waals surface area contributed by atoms with Crippen LogP contribution in [0.15, 0.2) is 5.16 Å². The second-order valence-corrected chi connectivity index (χ2v) is 7.12. The molecule has 1 atom stereocenters. The minimum Gasteiger partial charge on any atom is -0.481 e. The van der Waals surface area contributed by atoms with Gasteiger partial charge in [0.15, 0.2) is 11.0 Å². The Bertz CT molecular complexity index is 501. The van der Waals surface area contributed by atoms with E-state index in [4.69, 9.17) is 9.84 Å². The van der Waals surface area contributed by atoms with Crippen molar-refractivity contribution in [2.75, 3.05) is 12.4 Å². The first-order chi connectivity index (χ1) is 9.24. The Morgan fingerprint density at radius 2 is 2.20 bits per heavy atom. The molecule has 112 valence electrons. The van der Waals surface area contributed by atoms with Gasteiger partial charge in [0.1, 0.15) is 5.60 Å². The third-order valence-electron chi connectivity index (χ3n) is 3.32. The van der Waals surface area contributed by atoms with E-state index in [0.717, 1.165) is 25.3 Å². The molecule has 2 rings (SSSR count). The lowest BCUT2D eigenvalue weighted by atomic mass is 9.99. The number of aliphatic carboxylic acids is 1. The van der Waals surface area contributed by atoms with E-state index >= 15 is 0 Å². The summed E-state index contributed by atoms with van der Waals surface area (Å²) in [5, 5.41) is 17.9. The van der Waals surface area contributed by atoms with E-state index in [1.807, 2.05) is 11.5 Å². The molecule has 1 aliphatic rings.